The van der Waals surface area contributed by atoms with Gasteiger partial charge in [0.15, 0.2) is 11.5 Å². The monoisotopic (exact) mass is 349 g/mol. The minimum Gasteiger partial charge on any atom is -0.490 e. The third-order valence-corrected chi connectivity index (χ3v) is 2.80. The highest BCUT2D eigenvalue weighted by atomic mass is 16.5. The Kier molecular flexibility index (Phi) is 9.39. The van der Waals surface area contributed by atoms with Crippen molar-refractivity contribution >= 4 is 18.0 Å². The molecule has 1 aromatic rings. The number of benzene rings is 1. The van der Waals surface area contributed by atoms with Crippen molar-refractivity contribution in [2.45, 2.75) is 6.92 Å². The number of methoxy groups -OCH3 is 1. The minimum atomic E-state index is -0.858. The Morgan fingerprint density at radius 2 is 2.04 bits per heavy atom. The zero-order chi connectivity index (χ0) is 18.5. The van der Waals surface area contributed by atoms with Crippen molar-refractivity contribution < 1.29 is 23.8 Å². The lowest BCUT2D eigenvalue weighted by atomic mass is 10.2. The molecule has 0 aliphatic carbocycles. The van der Waals surface area contributed by atoms with Crippen LogP contribution in [0.1, 0.15) is 12.5 Å². The van der Waals surface area contributed by atoms with Crippen LogP contribution in [0, 0.1) is 0 Å². The smallest absolute Gasteiger partial charge is 0.329 e. The Morgan fingerprint density at radius 1 is 1.24 bits per heavy atom. The van der Waals surface area contributed by atoms with E-state index in [0.717, 1.165) is 0 Å². The predicted octanol–water partition coefficient (Wildman–Crippen LogP) is 0.863. The summed E-state index contributed by atoms with van der Waals surface area (Å²) < 4.78 is 15.8. The van der Waals surface area contributed by atoms with Gasteiger partial charge in [0.05, 0.1) is 19.4 Å². The third-order valence-electron chi connectivity index (χ3n) is 2.80. The maximum absolute atomic E-state index is 11.5. The van der Waals surface area contributed by atoms with Crippen molar-refractivity contribution in [2.75, 3.05) is 33.5 Å². The van der Waals surface area contributed by atoms with E-state index in [0.29, 0.717) is 36.9 Å². The van der Waals surface area contributed by atoms with Gasteiger partial charge in [0.1, 0.15) is 6.61 Å². The largest absolute Gasteiger partial charge is 0.490 e. The van der Waals surface area contributed by atoms with E-state index < -0.39 is 11.8 Å². The van der Waals surface area contributed by atoms with Crippen molar-refractivity contribution in [3.05, 3.63) is 36.4 Å². The molecule has 1 aromatic carbocycles. The zero-order valence-corrected chi connectivity index (χ0v) is 14.4. The molecule has 8 nitrogen and oxygen atoms in total. The maximum Gasteiger partial charge on any atom is 0.329 e. The number of hydrazone groups is 1. The highest BCUT2D eigenvalue weighted by Gasteiger charge is 2.11. The van der Waals surface area contributed by atoms with Crippen LogP contribution in [0.2, 0.25) is 0 Å². The molecule has 25 heavy (non-hydrogen) atoms. The van der Waals surface area contributed by atoms with E-state index in [2.05, 4.69) is 22.4 Å². The minimum absolute atomic E-state index is 0.246. The lowest BCUT2D eigenvalue weighted by molar-refractivity contribution is -0.139. The number of carbonyl (C=O) groups is 2. The fourth-order valence-electron chi connectivity index (χ4n) is 1.70. The standard InChI is InChI=1S/C17H23N3O5/c1-4-9-25-14-7-6-13(11-15(14)24-5-2)12-19-20-17(22)16(21)18-8-10-23-3/h4,6-7,11-12H,1,5,8-10H2,2-3H3,(H,18,21)(H,20,22). The second-order valence-electron chi connectivity index (χ2n) is 4.69. The van der Waals surface area contributed by atoms with Crippen LogP contribution in [0.5, 0.6) is 11.5 Å². The molecule has 8 heteroatoms. The molecule has 0 heterocycles. The number of hydrogen-bond acceptors (Lipinski definition) is 6. The van der Waals surface area contributed by atoms with Gasteiger partial charge in [0.25, 0.3) is 0 Å². The fourth-order valence-corrected chi connectivity index (χ4v) is 1.70. The van der Waals surface area contributed by atoms with Crippen LogP contribution in [0.3, 0.4) is 0 Å². The van der Waals surface area contributed by atoms with Crippen molar-refractivity contribution in [2.24, 2.45) is 5.10 Å². The molecule has 0 saturated carbocycles. The first kappa shape index (κ1) is 20.2. The summed E-state index contributed by atoms with van der Waals surface area (Å²) >= 11 is 0. The molecule has 2 N–H and O–H groups in total. The molecule has 1 rings (SSSR count). The van der Waals surface area contributed by atoms with E-state index in [9.17, 15) is 9.59 Å². The SMILES string of the molecule is C=CCOc1ccc(C=NNC(=O)C(=O)NCCOC)cc1OCC. The Balaban J connectivity index is 2.64. The van der Waals surface area contributed by atoms with Crippen molar-refractivity contribution in [1.29, 1.82) is 0 Å². The molecule has 0 aliphatic heterocycles. The molecular weight excluding hydrogens is 326 g/mol. The Hall–Kier alpha value is -2.87. The Morgan fingerprint density at radius 3 is 2.72 bits per heavy atom. The van der Waals surface area contributed by atoms with Gasteiger partial charge in [0.2, 0.25) is 0 Å². The quantitative estimate of drug-likeness (QED) is 0.215. The predicted molar refractivity (Wildman–Crippen MR) is 93.9 cm³/mol. The summed E-state index contributed by atoms with van der Waals surface area (Å²) in [6.07, 6.45) is 3.04. The number of carbonyl (C=O) groups excluding carboxylic acids is 2. The van der Waals surface area contributed by atoms with E-state index in [1.54, 1.807) is 24.3 Å². The summed E-state index contributed by atoms with van der Waals surface area (Å²) in [5.74, 6) is -0.502. The zero-order valence-electron chi connectivity index (χ0n) is 14.4. The van der Waals surface area contributed by atoms with E-state index in [-0.39, 0.29) is 6.54 Å². The molecule has 2 amide bonds. The van der Waals surface area contributed by atoms with Gasteiger partial charge in [-0.1, -0.05) is 12.7 Å². The van der Waals surface area contributed by atoms with Gasteiger partial charge in [-0.2, -0.15) is 5.10 Å². The molecule has 0 aliphatic rings. The molecule has 0 spiro atoms. The molecule has 0 saturated heterocycles. The van der Waals surface area contributed by atoms with Gasteiger partial charge in [-0.25, -0.2) is 5.43 Å². The topological polar surface area (TPSA) is 98.2 Å². The van der Waals surface area contributed by atoms with Crippen LogP contribution < -0.4 is 20.2 Å². The summed E-state index contributed by atoms with van der Waals surface area (Å²) in [6, 6.07) is 5.20. The Labute approximate surface area is 146 Å². The number of rotatable bonds is 10. The molecule has 0 radical (unpaired) electrons. The van der Waals surface area contributed by atoms with Crippen molar-refractivity contribution in [1.82, 2.24) is 10.7 Å². The summed E-state index contributed by atoms with van der Waals surface area (Å²) in [4.78, 5) is 23.0. The molecule has 0 aromatic heterocycles. The van der Waals surface area contributed by atoms with Crippen LogP contribution in [-0.2, 0) is 14.3 Å². The Bertz CT molecular complexity index is 616. The van der Waals surface area contributed by atoms with Crippen LogP contribution >= 0.6 is 0 Å². The van der Waals surface area contributed by atoms with Crippen LogP contribution in [-0.4, -0.2) is 51.5 Å². The van der Waals surface area contributed by atoms with Gasteiger partial charge >= 0.3 is 11.8 Å². The van der Waals surface area contributed by atoms with Crippen LogP contribution in [0.4, 0.5) is 0 Å². The van der Waals surface area contributed by atoms with Gasteiger partial charge in [-0.3, -0.25) is 9.59 Å². The first-order valence-electron chi connectivity index (χ1n) is 7.73. The summed E-state index contributed by atoms with van der Waals surface area (Å²) in [7, 11) is 1.50. The molecule has 136 valence electrons. The fraction of sp³-hybridized carbons (Fsp3) is 0.353. The van der Waals surface area contributed by atoms with Gasteiger partial charge in [-0.15, -0.1) is 0 Å². The van der Waals surface area contributed by atoms with Gasteiger partial charge < -0.3 is 19.5 Å². The summed E-state index contributed by atoms with van der Waals surface area (Å²) in [5.41, 5.74) is 2.83. The average Bonchev–Trinajstić information content (AvgIpc) is 2.61. The molecule has 0 bridgehead atoms. The van der Waals surface area contributed by atoms with Crippen molar-refractivity contribution in [3.8, 4) is 11.5 Å². The normalized spacial score (nSPS) is 10.3. The lowest BCUT2D eigenvalue weighted by Gasteiger charge is -2.11. The first-order chi connectivity index (χ1) is 12.1. The van der Waals surface area contributed by atoms with Crippen molar-refractivity contribution in [3.63, 3.8) is 0 Å². The molecule has 0 fully saturated rings. The molecule has 0 atom stereocenters. The number of ether oxygens (including phenoxy) is 3. The average molecular weight is 349 g/mol. The highest BCUT2D eigenvalue weighted by molar-refractivity contribution is 6.35. The van der Waals surface area contributed by atoms with Gasteiger partial charge in [-0.05, 0) is 30.7 Å². The molecular formula is C17H23N3O5. The van der Waals surface area contributed by atoms with E-state index in [1.165, 1.54) is 13.3 Å². The maximum atomic E-state index is 11.5. The van der Waals surface area contributed by atoms with Crippen LogP contribution in [0.15, 0.2) is 36.0 Å². The van der Waals surface area contributed by atoms with Crippen LogP contribution in [0.25, 0.3) is 0 Å². The van der Waals surface area contributed by atoms with E-state index in [4.69, 9.17) is 14.2 Å². The number of amides is 2. The number of hydrogen-bond donors (Lipinski definition) is 2. The van der Waals surface area contributed by atoms with Gasteiger partial charge in [0, 0.05) is 13.7 Å². The molecule has 0 unspecified atom stereocenters. The van der Waals surface area contributed by atoms with E-state index in [1.807, 2.05) is 6.92 Å². The van der Waals surface area contributed by atoms with E-state index >= 15 is 0 Å². The highest BCUT2D eigenvalue weighted by Crippen LogP contribution is 2.28. The second kappa shape index (κ2) is 11.6. The summed E-state index contributed by atoms with van der Waals surface area (Å²) in [6.45, 7) is 6.87. The number of nitrogens with zero attached hydrogens (tertiary/aromatic N) is 1. The second-order valence-corrected chi connectivity index (χ2v) is 4.69. The lowest BCUT2D eigenvalue weighted by Crippen LogP contribution is -2.39. The first-order valence-corrected chi connectivity index (χ1v) is 7.73. The third kappa shape index (κ3) is 7.49. The summed E-state index contributed by atoms with van der Waals surface area (Å²) in [5, 5.41) is 6.15. The number of nitrogens with one attached hydrogen (secondary N) is 2.